The molecule has 0 saturated carbocycles. The van der Waals surface area contributed by atoms with Crippen LogP contribution >= 0.6 is 17.9 Å². The molecule has 0 spiro atoms. The van der Waals surface area contributed by atoms with Gasteiger partial charge in [0, 0.05) is 5.25 Å². The first-order chi connectivity index (χ1) is 11.9. The molecule has 0 aliphatic carbocycles. The average molecular weight is 413 g/mol. The molecule has 0 aromatic carbocycles. The highest BCUT2D eigenvalue weighted by atomic mass is 32.9. The van der Waals surface area contributed by atoms with E-state index < -0.39 is 5.69 Å². The van der Waals surface area contributed by atoms with Crippen LogP contribution < -0.4 is 0 Å². The number of unbranched alkanes of at least 4 members (excludes halogenated alkanes) is 13. The van der Waals surface area contributed by atoms with Crippen molar-refractivity contribution in [1.82, 2.24) is 0 Å². The van der Waals surface area contributed by atoms with Crippen LogP contribution in [0.2, 0.25) is 0 Å². The predicted molar refractivity (Wildman–Crippen MR) is 123 cm³/mol. The lowest BCUT2D eigenvalue weighted by Crippen LogP contribution is -2.13. The highest BCUT2D eigenvalue weighted by Crippen LogP contribution is 2.48. The van der Waals surface area contributed by atoms with E-state index in [1.807, 2.05) is 0 Å². The quantitative estimate of drug-likeness (QED) is 0.132. The van der Waals surface area contributed by atoms with Crippen molar-refractivity contribution in [3.8, 4) is 0 Å². The van der Waals surface area contributed by atoms with E-state index in [0.29, 0.717) is 5.25 Å². The van der Waals surface area contributed by atoms with Crippen molar-refractivity contribution in [1.29, 1.82) is 0 Å². The Labute approximate surface area is 165 Å². The van der Waals surface area contributed by atoms with Crippen LogP contribution in [0.15, 0.2) is 0 Å². The third-order valence-electron chi connectivity index (χ3n) is 5.06. The molecule has 0 aromatic rings. The van der Waals surface area contributed by atoms with E-state index in [0.717, 1.165) is 18.6 Å². The van der Waals surface area contributed by atoms with E-state index in [1.165, 1.54) is 83.5 Å². The number of thiol groups is 1. The monoisotopic (exact) mass is 412 g/mol. The van der Waals surface area contributed by atoms with E-state index in [-0.39, 0.29) is 10.1 Å². The van der Waals surface area contributed by atoms with Gasteiger partial charge in [0.2, 0.25) is 0 Å². The number of hydrogen-bond donors (Lipinski definition) is 3. The van der Waals surface area contributed by atoms with Crippen LogP contribution in [0.25, 0.3) is 0 Å². The fourth-order valence-corrected chi connectivity index (χ4v) is 10.4. The number of hydrogen-bond acceptors (Lipinski definition) is 0. The van der Waals surface area contributed by atoms with Crippen LogP contribution in [0.4, 0.5) is 0 Å². The van der Waals surface area contributed by atoms with E-state index in [9.17, 15) is 9.79 Å². The summed E-state index contributed by atoms with van der Waals surface area (Å²) in [5.74, 6) is 0.942. The molecule has 0 aliphatic heterocycles. The normalized spacial score (nSPS) is 14.6. The SMILES string of the molecule is CCCCCCCCCCCCCCCCS(C(C)CC)=P(O)(O)S. The summed E-state index contributed by atoms with van der Waals surface area (Å²) in [6.45, 7) is 6.53. The topological polar surface area (TPSA) is 40.5 Å². The highest BCUT2D eigenvalue weighted by Gasteiger charge is 2.16. The second kappa shape index (κ2) is 17.2. The van der Waals surface area contributed by atoms with E-state index >= 15 is 0 Å². The van der Waals surface area contributed by atoms with Gasteiger partial charge in [-0.3, -0.25) is 0 Å². The second-order valence-corrected chi connectivity index (χ2v) is 15.9. The molecule has 25 heavy (non-hydrogen) atoms. The van der Waals surface area contributed by atoms with Crippen molar-refractivity contribution in [2.45, 2.75) is 122 Å². The smallest absolute Gasteiger partial charge is 0.199 e. The van der Waals surface area contributed by atoms with Gasteiger partial charge in [-0.2, -0.15) is 0 Å². The summed E-state index contributed by atoms with van der Waals surface area (Å²) in [7, 11) is -0.316. The van der Waals surface area contributed by atoms with E-state index in [1.54, 1.807) is 0 Å². The van der Waals surface area contributed by atoms with Gasteiger partial charge in [-0.1, -0.05) is 116 Å². The first-order valence-corrected chi connectivity index (χ1v) is 15.6. The zero-order chi connectivity index (χ0) is 19.0. The van der Waals surface area contributed by atoms with Crippen molar-refractivity contribution in [2.24, 2.45) is 0 Å². The molecule has 154 valence electrons. The molecule has 0 fully saturated rings. The van der Waals surface area contributed by atoms with Crippen molar-refractivity contribution in [3.05, 3.63) is 0 Å². The van der Waals surface area contributed by atoms with Gasteiger partial charge in [0.1, 0.15) is 0 Å². The molecule has 0 radical (unpaired) electrons. The van der Waals surface area contributed by atoms with Crippen LogP contribution in [-0.4, -0.2) is 20.8 Å². The molecule has 5 heteroatoms. The molecule has 0 saturated heterocycles. The maximum Gasteiger partial charge on any atom is 0.199 e. The lowest BCUT2D eigenvalue weighted by Gasteiger charge is -2.21. The molecule has 2 N–H and O–H groups in total. The van der Waals surface area contributed by atoms with Gasteiger partial charge in [0.25, 0.3) is 0 Å². The van der Waals surface area contributed by atoms with Crippen LogP contribution in [-0.2, 0) is 10.1 Å². The molecule has 2 unspecified atom stereocenters. The van der Waals surface area contributed by atoms with Gasteiger partial charge >= 0.3 is 0 Å². The Bertz CT molecular complexity index is 347. The largest absolute Gasteiger partial charge is 0.341 e. The van der Waals surface area contributed by atoms with Gasteiger partial charge < -0.3 is 9.79 Å². The number of rotatable bonds is 17. The summed E-state index contributed by atoms with van der Waals surface area (Å²) in [5.41, 5.74) is -2.96. The van der Waals surface area contributed by atoms with Crippen LogP contribution in [0, 0.1) is 0 Å². The molecule has 0 aromatic heterocycles. The van der Waals surface area contributed by atoms with Crippen LogP contribution in [0.1, 0.15) is 117 Å². The fraction of sp³-hybridized carbons (Fsp3) is 1.00. The minimum atomic E-state index is -2.96. The predicted octanol–water partition coefficient (Wildman–Crippen LogP) is 7.48. The first kappa shape index (κ1) is 26.1. The minimum absolute atomic E-state index is 0.316. The Kier molecular flexibility index (Phi) is 17.9. The van der Waals surface area contributed by atoms with Crippen molar-refractivity contribution in [2.75, 3.05) is 5.75 Å². The molecule has 2 nitrogen and oxygen atoms in total. The second-order valence-electron chi connectivity index (χ2n) is 7.43. The summed E-state index contributed by atoms with van der Waals surface area (Å²) >= 11 is 4.10. The average Bonchev–Trinajstić information content (AvgIpc) is 2.56. The Morgan fingerprint density at radius 2 is 1.08 bits per heavy atom. The molecule has 2 atom stereocenters. The molecular formula is C20H45O2PS2. The van der Waals surface area contributed by atoms with Gasteiger partial charge in [-0.15, -0.1) is 10.1 Å². The zero-order valence-electron chi connectivity index (χ0n) is 17.1. The summed E-state index contributed by atoms with van der Waals surface area (Å²) in [4.78, 5) is 19.9. The van der Waals surface area contributed by atoms with Crippen LogP contribution in [0.3, 0.4) is 0 Å². The van der Waals surface area contributed by atoms with Crippen LogP contribution in [0.5, 0.6) is 0 Å². The van der Waals surface area contributed by atoms with Gasteiger partial charge in [0.15, 0.2) is 5.69 Å². The molecule has 0 rings (SSSR count). The molecule has 0 amide bonds. The highest BCUT2D eigenvalue weighted by molar-refractivity contribution is 8.65. The Morgan fingerprint density at radius 3 is 1.40 bits per heavy atom. The maximum absolute atomic E-state index is 9.93. The molecule has 0 heterocycles. The Balaban J connectivity index is 3.50. The summed E-state index contributed by atoms with van der Waals surface area (Å²) in [6.07, 6.45) is 20.1. The van der Waals surface area contributed by atoms with Gasteiger partial charge in [-0.05, 0) is 18.6 Å². The fourth-order valence-electron chi connectivity index (χ4n) is 3.20. The van der Waals surface area contributed by atoms with E-state index in [4.69, 9.17) is 0 Å². The third kappa shape index (κ3) is 15.8. The van der Waals surface area contributed by atoms with Gasteiger partial charge in [-0.25, -0.2) is 0 Å². The summed E-state index contributed by atoms with van der Waals surface area (Å²) in [5, 5.41) is 0.378. The molecule has 0 aliphatic rings. The maximum atomic E-state index is 9.93. The summed E-state index contributed by atoms with van der Waals surface area (Å²) < 4.78 is 0. The zero-order valence-corrected chi connectivity index (χ0v) is 19.7. The van der Waals surface area contributed by atoms with Crippen molar-refractivity contribution >= 4 is 28.0 Å². The lowest BCUT2D eigenvalue weighted by molar-refractivity contribution is 0.501. The van der Waals surface area contributed by atoms with Crippen molar-refractivity contribution < 1.29 is 9.79 Å². The Hall–Kier alpha value is 1.05. The summed E-state index contributed by atoms with van der Waals surface area (Å²) in [6, 6.07) is 0. The first-order valence-electron chi connectivity index (χ1n) is 10.7. The Morgan fingerprint density at radius 1 is 0.720 bits per heavy atom. The molecular weight excluding hydrogens is 367 g/mol. The van der Waals surface area contributed by atoms with Gasteiger partial charge in [0.05, 0.1) is 0 Å². The molecule has 0 bridgehead atoms. The van der Waals surface area contributed by atoms with E-state index in [2.05, 4.69) is 33.0 Å². The van der Waals surface area contributed by atoms with Crippen molar-refractivity contribution in [3.63, 3.8) is 0 Å². The standard InChI is InChI=1S/C20H45O2PS2/c1-4-6-7-8-9-10-11-12-13-14-15-16-17-18-19-25(20(3)5-2)23(21,22)24/h20-22,24H,4-19H2,1-3H3. The lowest BCUT2D eigenvalue weighted by atomic mass is 10.0. The third-order valence-corrected chi connectivity index (χ3v) is 13.1. The minimum Gasteiger partial charge on any atom is -0.341 e.